The lowest BCUT2D eigenvalue weighted by Crippen LogP contribution is -1.92. The van der Waals surface area contributed by atoms with Crippen LogP contribution in [0.2, 0.25) is 0 Å². The van der Waals surface area contributed by atoms with Crippen LogP contribution in [0.5, 0.6) is 0 Å². The van der Waals surface area contributed by atoms with Gasteiger partial charge in [0.2, 0.25) is 0 Å². The number of hydrogen-bond acceptors (Lipinski definition) is 0. The lowest BCUT2D eigenvalue weighted by atomic mass is 10.1. The molecule has 0 bridgehead atoms. The molecule has 0 heterocycles. The van der Waals surface area contributed by atoms with Gasteiger partial charge < -0.3 is 0 Å². The van der Waals surface area contributed by atoms with Gasteiger partial charge in [-0.3, -0.25) is 0 Å². The van der Waals surface area contributed by atoms with Crippen molar-refractivity contribution in [3.63, 3.8) is 0 Å². The number of alkyl halides is 1. The highest BCUT2D eigenvalue weighted by Crippen LogP contribution is 2.10. The first-order chi connectivity index (χ1) is 5.81. The summed E-state index contributed by atoms with van der Waals surface area (Å²) in [6, 6.07) is 0. The smallest absolute Gasteiger partial charge is 0.0516 e. The number of rotatable bonds is 7. The minimum Gasteiger partial charge on any atom is -0.118 e. The minimum absolute atomic E-state index is 0.267. The van der Waals surface area contributed by atoms with Crippen LogP contribution in [0, 0.1) is 0 Å². The van der Waals surface area contributed by atoms with Crippen molar-refractivity contribution in [1.82, 2.24) is 0 Å². The molecule has 72 valence electrons. The van der Waals surface area contributed by atoms with Crippen molar-refractivity contribution in [1.29, 1.82) is 0 Å². The molecular formula is C11H21Cl. The van der Waals surface area contributed by atoms with E-state index in [0.29, 0.717) is 0 Å². The molecule has 0 saturated carbocycles. The summed E-state index contributed by atoms with van der Waals surface area (Å²) in [5.41, 5.74) is 0. The Balaban J connectivity index is 3.26. The molecule has 0 aliphatic heterocycles. The van der Waals surface area contributed by atoms with Crippen LogP contribution in [-0.2, 0) is 0 Å². The normalized spacial score (nSPS) is 13.9. The second kappa shape index (κ2) is 9.12. The molecular weight excluding hydrogens is 168 g/mol. The van der Waals surface area contributed by atoms with Crippen molar-refractivity contribution in [2.24, 2.45) is 0 Å². The van der Waals surface area contributed by atoms with Gasteiger partial charge in [-0.15, -0.1) is 11.6 Å². The molecule has 0 saturated heterocycles. The van der Waals surface area contributed by atoms with Crippen LogP contribution >= 0.6 is 11.6 Å². The van der Waals surface area contributed by atoms with Crippen molar-refractivity contribution in [2.45, 2.75) is 57.7 Å². The average molecular weight is 189 g/mol. The Bertz CT molecular complexity index is 108. The van der Waals surface area contributed by atoms with Crippen LogP contribution in [0.1, 0.15) is 52.4 Å². The summed E-state index contributed by atoms with van der Waals surface area (Å²) in [5, 5.41) is 0.267. The maximum absolute atomic E-state index is 6.07. The van der Waals surface area contributed by atoms with E-state index in [2.05, 4.69) is 26.0 Å². The highest BCUT2D eigenvalue weighted by molar-refractivity contribution is 6.21. The summed E-state index contributed by atoms with van der Waals surface area (Å²) in [6.07, 6.45) is 11.7. The highest BCUT2D eigenvalue weighted by atomic mass is 35.5. The van der Waals surface area contributed by atoms with E-state index in [9.17, 15) is 0 Å². The molecule has 0 spiro atoms. The Morgan fingerprint density at radius 3 is 2.50 bits per heavy atom. The highest BCUT2D eigenvalue weighted by Gasteiger charge is 1.97. The lowest BCUT2D eigenvalue weighted by Gasteiger charge is -2.02. The van der Waals surface area contributed by atoms with Crippen LogP contribution in [0.3, 0.4) is 0 Å². The fourth-order valence-electron chi connectivity index (χ4n) is 1.10. The van der Waals surface area contributed by atoms with Gasteiger partial charge in [-0.2, -0.15) is 0 Å². The van der Waals surface area contributed by atoms with Gasteiger partial charge >= 0.3 is 0 Å². The predicted octanol–water partition coefficient (Wildman–Crippen LogP) is 4.53. The summed E-state index contributed by atoms with van der Waals surface area (Å²) in [6.45, 7) is 4.40. The molecule has 0 aromatic heterocycles. The fraction of sp³-hybridized carbons (Fsp3) is 0.818. The molecule has 0 rings (SSSR count). The zero-order valence-electron chi connectivity index (χ0n) is 8.35. The number of allylic oxidation sites excluding steroid dienone is 2. The Hall–Kier alpha value is 0.0300. The first kappa shape index (κ1) is 12.0. The minimum atomic E-state index is 0.267. The second-order valence-corrected chi connectivity index (χ2v) is 3.79. The van der Waals surface area contributed by atoms with Gasteiger partial charge in [0.1, 0.15) is 0 Å². The van der Waals surface area contributed by atoms with Crippen molar-refractivity contribution in [3.05, 3.63) is 12.2 Å². The van der Waals surface area contributed by atoms with Gasteiger partial charge in [-0.1, -0.05) is 51.7 Å². The van der Waals surface area contributed by atoms with Gasteiger partial charge in [0.25, 0.3) is 0 Å². The summed E-state index contributed by atoms with van der Waals surface area (Å²) in [4.78, 5) is 0. The largest absolute Gasteiger partial charge is 0.118 e. The van der Waals surface area contributed by atoms with Crippen LogP contribution in [-0.4, -0.2) is 5.38 Å². The summed E-state index contributed by atoms with van der Waals surface area (Å²) >= 11 is 6.07. The maximum atomic E-state index is 6.07. The molecule has 0 N–H and O–H groups in total. The Kier molecular flexibility index (Phi) is 9.14. The second-order valence-electron chi connectivity index (χ2n) is 3.23. The van der Waals surface area contributed by atoms with E-state index in [1.165, 1.54) is 25.7 Å². The van der Waals surface area contributed by atoms with E-state index in [1.807, 2.05) is 0 Å². The number of halogens is 1. The van der Waals surface area contributed by atoms with Crippen LogP contribution in [0.15, 0.2) is 12.2 Å². The molecule has 0 aromatic rings. The summed E-state index contributed by atoms with van der Waals surface area (Å²) in [7, 11) is 0. The van der Waals surface area contributed by atoms with Gasteiger partial charge in [0, 0.05) is 0 Å². The Labute approximate surface area is 82.0 Å². The molecule has 1 heteroatoms. The number of unbranched alkanes of at least 4 members (excludes halogenated alkanes) is 3. The number of hydrogen-bond donors (Lipinski definition) is 0. The zero-order valence-corrected chi connectivity index (χ0v) is 9.11. The van der Waals surface area contributed by atoms with Crippen LogP contribution < -0.4 is 0 Å². The van der Waals surface area contributed by atoms with E-state index in [4.69, 9.17) is 11.6 Å². The van der Waals surface area contributed by atoms with Gasteiger partial charge in [0.05, 0.1) is 5.38 Å². The molecule has 0 aliphatic carbocycles. The standard InChI is InChI=1S/C11H21Cl/c1-3-5-7-9-11(12)10-8-6-4-2/h7,9,11H,3-6,8,10H2,1-2H3. The van der Waals surface area contributed by atoms with Gasteiger partial charge in [0.15, 0.2) is 0 Å². The first-order valence-electron chi connectivity index (χ1n) is 5.12. The molecule has 1 unspecified atom stereocenters. The quantitative estimate of drug-likeness (QED) is 0.313. The van der Waals surface area contributed by atoms with Crippen LogP contribution in [0.25, 0.3) is 0 Å². The van der Waals surface area contributed by atoms with Crippen molar-refractivity contribution in [3.8, 4) is 0 Å². The van der Waals surface area contributed by atoms with Crippen molar-refractivity contribution >= 4 is 11.6 Å². The molecule has 0 aliphatic rings. The Morgan fingerprint density at radius 2 is 1.92 bits per heavy atom. The Morgan fingerprint density at radius 1 is 1.17 bits per heavy atom. The van der Waals surface area contributed by atoms with E-state index in [1.54, 1.807) is 0 Å². The first-order valence-corrected chi connectivity index (χ1v) is 5.55. The zero-order chi connectivity index (χ0) is 9.23. The fourth-order valence-corrected chi connectivity index (χ4v) is 1.35. The van der Waals surface area contributed by atoms with Gasteiger partial charge in [-0.25, -0.2) is 0 Å². The van der Waals surface area contributed by atoms with Crippen molar-refractivity contribution in [2.75, 3.05) is 0 Å². The topological polar surface area (TPSA) is 0 Å². The average Bonchev–Trinajstić information content (AvgIpc) is 2.06. The molecule has 0 fully saturated rings. The maximum Gasteiger partial charge on any atom is 0.0516 e. The van der Waals surface area contributed by atoms with E-state index in [-0.39, 0.29) is 5.38 Å². The molecule has 12 heavy (non-hydrogen) atoms. The van der Waals surface area contributed by atoms with E-state index < -0.39 is 0 Å². The summed E-state index contributed by atoms with van der Waals surface area (Å²) < 4.78 is 0. The SMILES string of the molecule is CCCC=CC(Cl)CCCCC. The van der Waals surface area contributed by atoms with Crippen LogP contribution in [0.4, 0.5) is 0 Å². The lowest BCUT2D eigenvalue weighted by molar-refractivity contribution is 0.677. The van der Waals surface area contributed by atoms with E-state index in [0.717, 1.165) is 12.8 Å². The monoisotopic (exact) mass is 188 g/mol. The molecule has 1 atom stereocenters. The molecule has 0 amide bonds. The van der Waals surface area contributed by atoms with Crippen molar-refractivity contribution < 1.29 is 0 Å². The molecule has 0 nitrogen and oxygen atoms in total. The summed E-state index contributed by atoms with van der Waals surface area (Å²) in [5.74, 6) is 0. The third-order valence-corrected chi connectivity index (χ3v) is 2.25. The van der Waals surface area contributed by atoms with E-state index >= 15 is 0 Å². The van der Waals surface area contributed by atoms with Gasteiger partial charge in [-0.05, 0) is 12.8 Å². The predicted molar refractivity (Wildman–Crippen MR) is 57.8 cm³/mol. The third kappa shape index (κ3) is 8.13. The molecule has 0 radical (unpaired) electrons. The molecule has 0 aromatic carbocycles. The third-order valence-electron chi connectivity index (χ3n) is 1.88.